The highest BCUT2D eigenvalue weighted by molar-refractivity contribution is 5.78. The van der Waals surface area contributed by atoms with Crippen LogP contribution < -0.4 is 5.32 Å². The molecule has 30 heavy (non-hydrogen) atoms. The lowest BCUT2D eigenvalue weighted by molar-refractivity contribution is 0.0164. The number of rotatable bonds is 6. The van der Waals surface area contributed by atoms with Crippen LogP contribution in [0.1, 0.15) is 30.3 Å². The first-order chi connectivity index (χ1) is 14.6. The number of para-hydroxylation sites is 1. The number of urea groups is 1. The van der Waals surface area contributed by atoms with Gasteiger partial charge in [0.15, 0.2) is 0 Å². The smallest absolute Gasteiger partial charge is 0.317 e. The predicted molar refractivity (Wildman–Crippen MR) is 117 cm³/mol. The van der Waals surface area contributed by atoms with E-state index in [0.29, 0.717) is 6.54 Å². The summed E-state index contributed by atoms with van der Waals surface area (Å²) < 4.78 is 11.5. The molecule has 158 valence electrons. The van der Waals surface area contributed by atoms with E-state index in [2.05, 4.69) is 22.3 Å². The van der Waals surface area contributed by atoms with Crippen LogP contribution in [0.3, 0.4) is 0 Å². The molecule has 0 bridgehead atoms. The monoisotopic (exact) mass is 407 g/mol. The molecule has 1 N–H and O–H groups in total. The van der Waals surface area contributed by atoms with E-state index in [0.717, 1.165) is 43.0 Å². The Morgan fingerprint density at radius 1 is 1.10 bits per heavy atom. The second-order valence-corrected chi connectivity index (χ2v) is 7.73. The number of carbonyl (C=O) groups excluding carboxylic acids is 1. The first kappa shape index (κ1) is 20.4. The van der Waals surface area contributed by atoms with Crippen LogP contribution in [0.4, 0.5) is 4.79 Å². The molecule has 0 spiro atoms. The van der Waals surface area contributed by atoms with Crippen molar-refractivity contribution in [2.24, 2.45) is 0 Å². The summed E-state index contributed by atoms with van der Waals surface area (Å²) in [6.45, 7) is 5.69. The molecule has 1 aromatic heterocycles. The number of morpholine rings is 1. The first-order valence-electron chi connectivity index (χ1n) is 10.5. The van der Waals surface area contributed by atoms with E-state index in [9.17, 15) is 4.79 Å². The minimum absolute atomic E-state index is 0.114. The number of hydrogen-bond acceptors (Lipinski definition) is 4. The van der Waals surface area contributed by atoms with Crippen molar-refractivity contribution in [1.82, 2.24) is 15.1 Å². The van der Waals surface area contributed by atoms with Crippen molar-refractivity contribution in [3.05, 3.63) is 72.0 Å². The molecule has 1 aliphatic heterocycles. The Hall–Kier alpha value is -2.83. The minimum Gasteiger partial charge on any atom is -0.459 e. The molecule has 3 aromatic rings. The molecule has 0 aliphatic carbocycles. The number of nitrogens with one attached hydrogen (secondary N) is 1. The van der Waals surface area contributed by atoms with Crippen LogP contribution in [0, 0.1) is 0 Å². The molecule has 1 fully saturated rings. The zero-order valence-electron chi connectivity index (χ0n) is 17.6. The van der Waals surface area contributed by atoms with E-state index in [4.69, 9.17) is 9.15 Å². The Bertz CT molecular complexity index is 933. The van der Waals surface area contributed by atoms with Crippen molar-refractivity contribution in [3.63, 3.8) is 0 Å². The fraction of sp³-hybridized carbons (Fsp3) is 0.375. The summed E-state index contributed by atoms with van der Waals surface area (Å²) in [6, 6.07) is 20.1. The maximum absolute atomic E-state index is 12.9. The summed E-state index contributed by atoms with van der Waals surface area (Å²) in [7, 11) is 1.81. The predicted octanol–water partition coefficient (Wildman–Crippen LogP) is 4.21. The lowest BCUT2D eigenvalue weighted by Crippen LogP contribution is -2.46. The molecular formula is C24H29N3O3. The average Bonchev–Trinajstić information content (AvgIpc) is 3.24. The normalized spacial score (nSPS) is 16.9. The molecule has 2 aromatic carbocycles. The molecule has 2 atom stereocenters. The number of nitrogens with zero attached hydrogens (tertiary/aromatic N) is 2. The number of furan rings is 1. The van der Waals surface area contributed by atoms with Crippen LogP contribution in [0.5, 0.6) is 0 Å². The topological polar surface area (TPSA) is 58.0 Å². The summed E-state index contributed by atoms with van der Waals surface area (Å²) in [5.41, 5.74) is 2.04. The van der Waals surface area contributed by atoms with Gasteiger partial charge in [-0.15, -0.1) is 0 Å². The van der Waals surface area contributed by atoms with Crippen LogP contribution in [0.2, 0.25) is 0 Å². The third kappa shape index (κ3) is 4.50. The highest BCUT2D eigenvalue weighted by Gasteiger charge is 2.25. The number of hydrogen-bond donors (Lipinski definition) is 1. The molecule has 6 nitrogen and oxygen atoms in total. The minimum atomic E-state index is -0.170. The Morgan fingerprint density at radius 2 is 1.80 bits per heavy atom. The highest BCUT2D eigenvalue weighted by atomic mass is 16.5. The lowest BCUT2D eigenvalue weighted by Gasteiger charge is -2.35. The van der Waals surface area contributed by atoms with Gasteiger partial charge < -0.3 is 19.4 Å². The second-order valence-electron chi connectivity index (χ2n) is 7.73. The van der Waals surface area contributed by atoms with Gasteiger partial charge in [0.25, 0.3) is 0 Å². The van der Waals surface area contributed by atoms with Crippen molar-refractivity contribution < 1.29 is 13.9 Å². The van der Waals surface area contributed by atoms with E-state index in [1.165, 1.54) is 5.56 Å². The standard InChI is InChI=1S/C24H29N3O3/c1-18(23-16-20-10-6-7-11-22(20)30-23)26(2)24(28)25-17-21(19-8-4-3-5-9-19)27-12-14-29-15-13-27/h3-11,16,18,21H,12-15,17H2,1-2H3,(H,25,28)/t18-,21+/m1/s1. The number of benzene rings is 2. The van der Waals surface area contributed by atoms with Gasteiger partial charge in [-0.25, -0.2) is 4.79 Å². The Labute approximate surface area is 177 Å². The Kier molecular flexibility index (Phi) is 6.35. The molecule has 0 saturated carbocycles. The molecule has 0 radical (unpaired) electrons. The number of amides is 2. The van der Waals surface area contributed by atoms with Crippen molar-refractivity contribution >= 4 is 17.0 Å². The van der Waals surface area contributed by atoms with Gasteiger partial charge in [0, 0.05) is 32.1 Å². The lowest BCUT2D eigenvalue weighted by atomic mass is 10.0. The maximum atomic E-state index is 12.9. The largest absolute Gasteiger partial charge is 0.459 e. The molecule has 1 aliphatic rings. The Balaban J connectivity index is 1.43. The van der Waals surface area contributed by atoms with Gasteiger partial charge in [0.05, 0.1) is 25.3 Å². The summed E-state index contributed by atoms with van der Waals surface area (Å²) in [4.78, 5) is 17.0. The molecule has 2 amide bonds. The van der Waals surface area contributed by atoms with Gasteiger partial charge in [-0.05, 0) is 24.6 Å². The van der Waals surface area contributed by atoms with Crippen LogP contribution in [0.25, 0.3) is 11.0 Å². The molecular weight excluding hydrogens is 378 g/mol. The van der Waals surface area contributed by atoms with E-state index < -0.39 is 0 Å². The van der Waals surface area contributed by atoms with Gasteiger partial charge in [0.1, 0.15) is 11.3 Å². The van der Waals surface area contributed by atoms with Crippen LogP contribution in [-0.2, 0) is 4.74 Å². The van der Waals surface area contributed by atoms with Gasteiger partial charge in [-0.2, -0.15) is 0 Å². The molecule has 6 heteroatoms. The fourth-order valence-corrected chi connectivity index (χ4v) is 3.91. The molecule has 4 rings (SSSR count). The SMILES string of the molecule is C[C@H](c1cc2ccccc2o1)N(C)C(=O)NC[C@@H](c1ccccc1)N1CCOCC1. The number of ether oxygens (including phenoxy) is 1. The summed E-state index contributed by atoms with van der Waals surface area (Å²) in [6.07, 6.45) is 0. The summed E-state index contributed by atoms with van der Waals surface area (Å²) in [5, 5.41) is 4.17. The van der Waals surface area contributed by atoms with Crippen LogP contribution in [0.15, 0.2) is 65.1 Å². The van der Waals surface area contributed by atoms with Crippen molar-refractivity contribution in [2.45, 2.75) is 19.0 Å². The second kappa shape index (κ2) is 9.32. The first-order valence-corrected chi connectivity index (χ1v) is 10.5. The fourth-order valence-electron chi connectivity index (χ4n) is 3.91. The summed E-state index contributed by atoms with van der Waals surface area (Å²) in [5.74, 6) is 0.779. The zero-order chi connectivity index (χ0) is 20.9. The van der Waals surface area contributed by atoms with Gasteiger partial charge in [-0.3, -0.25) is 4.90 Å². The molecule has 0 unspecified atom stereocenters. The van der Waals surface area contributed by atoms with Gasteiger partial charge in [-0.1, -0.05) is 48.5 Å². The zero-order valence-corrected chi connectivity index (χ0v) is 17.6. The third-order valence-electron chi connectivity index (χ3n) is 5.88. The van der Waals surface area contributed by atoms with Gasteiger partial charge in [0.2, 0.25) is 0 Å². The number of fused-ring (bicyclic) bond motifs is 1. The van der Waals surface area contributed by atoms with E-state index in [1.807, 2.05) is 55.5 Å². The quantitative estimate of drug-likeness (QED) is 0.665. The van der Waals surface area contributed by atoms with Crippen LogP contribution in [-0.4, -0.2) is 55.7 Å². The van der Waals surface area contributed by atoms with Crippen molar-refractivity contribution in [3.8, 4) is 0 Å². The molecule has 1 saturated heterocycles. The van der Waals surface area contributed by atoms with Crippen molar-refractivity contribution in [1.29, 1.82) is 0 Å². The van der Waals surface area contributed by atoms with E-state index in [1.54, 1.807) is 11.9 Å². The molecule has 2 heterocycles. The highest BCUT2D eigenvalue weighted by Crippen LogP contribution is 2.27. The van der Waals surface area contributed by atoms with E-state index >= 15 is 0 Å². The van der Waals surface area contributed by atoms with Gasteiger partial charge >= 0.3 is 6.03 Å². The third-order valence-corrected chi connectivity index (χ3v) is 5.88. The summed E-state index contributed by atoms with van der Waals surface area (Å²) >= 11 is 0. The van der Waals surface area contributed by atoms with E-state index in [-0.39, 0.29) is 18.1 Å². The van der Waals surface area contributed by atoms with Crippen LogP contribution >= 0.6 is 0 Å². The Morgan fingerprint density at radius 3 is 2.53 bits per heavy atom. The maximum Gasteiger partial charge on any atom is 0.317 e. The van der Waals surface area contributed by atoms with Crippen molar-refractivity contribution in [2.75, 3.05) is 39.9 Å². The average molecular weight is 408 g/mol. The number of carbonyl (C=O) groups is 1.